The van der Waals surface area contributed by atoms with E-state index in [1.165, 1.54) is 11.1 Å². The van der Waals surface area contributed by atoms with Gasteiger partial charge in [-0.25, -0.2) is 5.01 Å². The summed E-state index contributed by atoms with van der Waals surface area (Å²) in [4.78, 5) is 27.9. The number of benzene rings is 2. The first-order valence-electron chi connectivity index (χ1n) is 12.9. The fourth-order valence-electron chi connectivity index (χ4n) is 5.03. The molecule has 1 atom stereocenters. The van der Waals surface area contributed by atoms with E-state index in [0.29, 0.717) is 50.5 Å². The first-order chi connectivity index (χ1) is 17.8. The number of aryl methyl sites for hydroxylation is 2. The molecule has 0 unspecified atom stereocenters. The molecule has 0 spiro atoms. The van der Waals surface area contributed by atoms with E-state index in [1.54, 1.807) is 19.2 Å². The number of hydrogen-bond acceptors (Lipinski definition) is 7. The third kappa shape index (κ3) is 5.96. The Morgan fingerprint density at radius 2 is 1.76 bits per heavy atom. The van der Waals surface area contributed by atoms with Crippen molar-refractivity contribution in [1.29, 1.82) is 0 Å². The first-order valence-corrected chi connectivity index (χ1v) is 12.9. The molecule has 1 fully saturated rings. The quantitative estimate of drug-likeness (QED) is 0.497. The number of hydrazone groups is 1. The average molecular weight is 508 g/mol. The highest BCUT2D eigenvalue weighted by molar-refractivity contribution is 6.03. The van der Waals surface area contributed by atoms with Gasteiger partial charge in [0.25, 0.3) is 5.91 Å². The van der Waals surface area contributed by atoms with Crippen LogP contribution in [0.3, 0.4) is 0 Å². The largest absolute Gasteiger partial charge is 0.497 e. The second-order valence-corrected chi connectivity index (χ2v) is 9.71. The van der Waals surface area contributed by atoms with Gasteiger partial charge in [0.1, 0.15) is 11.5 Å². The molecule has 8 nitrogen and oxygen atoms in total. The van der Waals surface area contributed by atoms with Crippen LogP contribution >= 0.6 is 0 Å². The molecule has 0 aromatic heterocycles. The van der Waals surface area contributed by atoms with Crippen molar-refractivity contribution < 1.29 is 23.8 Å². The Morgan fingerprint density at radius 3 is 2.41 bits per heavy atom. The predicted molar refractivity (Wildman–Crippen MR) is 142 cm³/mol. The number of likely N-dealkylation sites (tertiary alicyclic amines) is 1. The fourth-order valence-corrected chi connectivity index (χ4v) is 5.03. The lowest BCUT2D eigenvalue weighted by atomic mass is 9.95. The number of rotatable bonds is 8. The van der Waals surface area contributed by atoms with Crippen LogP contribution in [0.15, 0.2) is 41.5 Å². The lowest BCUT2D eigenvalue weighted by molar-refractivity contribution is -0.149. The van der Waals surface area contributed by atoms with E-state index in [2.05, 4.69) is 36.9 Å². The van der Waals surface area contributed by atoms with Gasteiger partial charge in [-0.05, 0) is 87.7 Å². The van der Waals surface area contributed by atoms with Gasteiger partial charge in [0.2, 0.25) is 0 Å². The summed E-state index contributed by atoms with van der Waals surface area (Å²) < 4.78 is 16.3. The number of methoxy groups -OCH3 is 2. The number of hydrogen-bond donors (Lipinski definition) is 0. The fraction of sp³-hybridized carbons (Fsp3) is 0.483. The van der Waals surface area contributed by atoms with Crippen molar-refractivity contribution >= 4 is 17.6 Å². The van der Waals surface area contributed by atoms with Gasteiger partial charge < -0.3 is 14.2 Å². The molecule has 198 valence electrons. The van der Waals surface area contributed by atoms with Crippen LogP contribution in [-0.4, -0.2) is 68.0 Å². The summed E-state index contributed by atoms with van der Waals surface area (Å²) in [5.74, 6) is 1.07. The smallest absolute Gasteiger partial charge is 0.309 e. The highest BCUT2D eigenvalue weighted by Gasteiger charge is 2.36. The van der Waals surface area contributed by atoms with Crippen LogP contribution in [-0.2, 0) is 14.3 Å². The minimum absolute atomic E-state index is 0.0803. The van der Waals surface area contributed by atoms with Crippen molar-refractivity contribution in [3.05, 3.63) is 58.7 Å². The second kappa shape index (κ2) is 11.8. The molecule has 2 aromatic rings. The standard InChI is InChI=1S/C29H37N3O5/c1-6-37-29(34)21-11-13-31(14-12-21)18-28(33)32-26(24-16-23(35-4)9-10-27(24)36-5)17-25(30-32)22-8-7-19(2)20(3)15-22/h7-10,15-16,21,26H,6,11-14,17-18H2,1-5H3/t26-/m1/s1. The maximum absolute atomic E-state index is 13.7. The van der Waals surface area contributed by atoms with Gasteiger partial charge >= 0.3 is 5.97 Å². The maximum atomic E-state index is 13.7. The molecule has 1 amide bonds. The molecule has 0 radical (unpaired) electrons. The molecule has 4 rings (SSSR count). The SMILES string of the molecule is CCOC(=O)C1CCN(CC(=O)N2N=C(c3ccc(C)c(C)c3)C[C@@H]2c2cc(OC)ccc2OC)CC1. The van der Waals surface area contributed by atoms with E-state index in [1.807, 2.05) is 25.1 Å². The van der Waals surface area contributed by atoms with Gasteiger partial charge in [-0.2, -0.15) is 5.10 Å². The molecule has 0 saturated carbocycles. The Kier molecular flexibility index (Phi) is 8.48. The van der Waals surface area contributed by atoms with Crippen LogP contribution in [0.1, 0.15) is 54.5 Å². The minimum atomic E-state index is -0.314. The molecule has 37 heavy (non-hydrogen) atoms. The van der Waals surface area contributed by atoms with Gasteiger partial charge in [0.05, 0.1) is 45.0 Å². The van der Waals surface area contributed by atoms with E-state index >= 15 is 0 Å². The summed E-state index contributed by atoms with van der Waals surface area (Å²) >= 11 is 0. The van der Waals surface area contributed by atoms with Crippen LogP contribution < -0.4 is 9.47 Å². The first kappa shape index (κ1) is 26.7. The van der Waals surface area contributed by atoms with E-state index < -0.39 is 0 Å². The van der Waals surface area contributed by atoms with Crippen molar-refractivity contribution in [2.75, 3.05) is 40.5 Å². The second-order valence-electron chi connectivity index (χ2n) is 9.71. The summed E-state index contributed by atoms with van der Waals surface area (Å²) in [6.07, 6.45) is 1.95. The Morgan fingerprint density at radius 1 is 1.00 bits per heavy atom. The van der Waals surface area contributed by atoms with Crippen molar-refractivity contribution in [3.8, 4) is 11.5 Å². The van der Waals surface area contributed by atoms with E-state index in [0.717, 1.165) is 16.8 Å². The molecule has 8 heteroatoms. The van der Waals surface area contributed by atoms with E-state index in [4.69, 9.17) is 19.3 Å². The third-order valence-corrected chi connectivity index (χ3v) is 7.37. The van der Waals surface area contributed by atoms with Crippen LogP contribution in [0.25, 0.3) is 0 Å². The topological polar surface area (TPSA) is 80.7 Å². The molecule has 0 aliphatic carbocycles. The Balaban J connectivity index is 1.58. The third-order valence-electron chi connectivity index (χ3n) is 7.37. The number of nitrogens with zero attached hydrogens (tertiary/aromatic N) is 3. The maximum Gasteiger partial charge on any atom is 0.309 e. The highest BCUT2D eigenvalue weighted by Crippen LogP contribution is 2.39. The summed E-state index contributed by atoms with van der Waals surface area (Å²) in [5.41, 5.74) is 5.14. The summed E-state index contributed by atoms with van der Waals surface area (Å²) in [6.45, 7) is 7.96. The normalized spacial score (nSPS) is 18.5. The van der Waals surface area contributed by atoms with E-state index in [-0.39, 0.29) is 30.4 Å². The number of ether oxygens (including phenoxy) is 3. The lowest BCUT2D eigenvalue weighted by Gasteiger charge is -2.32. The molecular formula is C29H37N3O5. The molecule has 2 aromatic carbocycles. The predicted octanol–water partition coefficient (Wildman–Crippen LogP) is 4.27. The van der Waals surface area contributed by atoms with Crippen LogP contribution in [0, 0.1) is 19.8 Å². The molecule has 0 N–H and O–H groups in total. The van der Waals surface area contributed by atoms with Crippen molar-refractivity contribution in [1.82, 2.24) is 9.91 Å². The van der Waals surface area contributed by atoms with Crippen LogP contribution in [0.2, 0.25) is 0 Å². The van der Waals surface area contributed by atoms with Gasteiger partial charge in [-0.1, -0.05) is 12.1 Å². The van der Waals surface area contributed by atoms with Gasteiger partial charge in [0, 0.05) is 12.0 Å². The Labute approximate surface area is 219 Å². The van der Waals surface area contributed by atoms with Gasteiger partial charge in [-0.15, -0.1) is 0 Å². The van der Waals surface area contributed by atoms with Crippen molar-refractivity contribution in [2.45, 2.75) is 46.1 Å². The molecule has 2 aliphatic rings. The molecule has 0 bridgehead atoms. The summed E-state index contributed by atoms with van der Waals surface area (Å²) in [5, 5.41) is 6.46. The van der Waals surface area contributed by atoms with E-state index in [9.17, 15) is 9.59 Å². The zero-order valence-corrected chi connectivity index (χ0v) is 22.5. The monoisotopic (exact) mass is 507 g/mol. The van der Waals surface area contributed by atoms with Crippen LogP contribution in [0.5, 0.6) is 11.5 Å². The number of piperidine rings is 1. The number of esters is 1. The Hall–Kier alpha value is -3.39. The number of carbonyl (C=O) groups is 2. The summed E-state index contributed by atoms with van der Waals surface area (Å²) in [6, 6.07) is 11.6. The minimum Gasteiger partial charge on any atom is -0.497 e. The zero-order chi connectivity index (χ0) is 26.5. The molecule has 2 heterocycles. The average Bonchev–Trinajstić information content (AvgIpc) is 3.36. The van der Waals surface area contributed by atoms with Crippen molar-refractivity contribution in [2.24, 2.45) is 11.0 Å². The lowest BCUT2D eigenvalue weighted by Crippen LogP contribution is -2.43. The number of amides is 1. The molecule has 1 saturated heterocycles. The van der Waals surface area contributed by atoms with Gasteiger partial charge in [0.15, 0.2) is 0 Å². The highest BCUT2D eigenvalue weighted by atomic mass is 16.5. The molecule has 2 aliphatic heterocycles. The zero-order valence-electron chi connectivity index (χ0n) is 22.5. The Bertz CT molecular complexity index is 1170. The molecular weight excluding hydrogens is 470 g/mol. The van der Waals surface area contributed by atoms with Crippen molar-refractivity contribution in [3.63, 3.8) is 0 Å². The summed E-state index contributed by atoms with van der Waals surface area (Å²) in [7, 11) is 3.26. The van der Waals surface area contributed by atoms with Gasteiger partial charge in [-0.3, -0.25) is 14.5 Å². The number of carbonyl (C=O) groups excluding carboxylic acids is 2. The van der Waals surface area contributed by atoms with Crippen LogP contribution in [0.4, 0.5) is 0 Å².